The summed E-state index contributed by atoms with van der Waals surface area (Å²) >= 11 is 0. The number of aliphatic carboxylic acids is 1. The Kier molecular flexibility index (Phi) is 10.1. The summed E-state index contributed by atoms with van der Waals surface area (Å²) in [6, 6.07) is 16.5. The summed E-state index contributed by atoms with van der Waals surface area (Å²) < 4.78 is 11.9. The van der Waals surface area contributed by atoms with E-state index >= 15 is 0 Å². The molecule has 1 aliphatic heterocycles. The van der Waals surface area contributed by atoms with Gasteiger partial charge < -0.3 is 35.3 Å². The zero-order valence-electron chi connectivity index (χ0n) is 25.1. The molecule has 1 aromatic heterocycles. The Morgan fingerprint density at radius 1 is 1.07 bits per heavy atom. The number of nitrogens with zero attached hydrogens (tertiary/aromatic N) is 2. The summed E-state index contributed by atoms with van der Waals surface area (Å²) in [5, 5.41) is 27.2. The number of nitrogens with one attached hydrogen (secondary N) is 3. The maximum Gasteiger partial charge on any atom is 0.320 e. The third kappa shape index (κ3) is 7.19. The quantitative estimate of drug-likeness (QED) is 0.147. The minimum Gasteiger partial charge on any atom is -0.496 e. The van der Waals surface area contributed by atoms with E-state index in [1.165, 1.54) is 0 Å². The van der Waals surface area contributed by atoms with Crippen LogP contribution in [0.4, 0.5) is 10.5 Å². The number of urea groups is 1. The van der Waals surface area contributed by atoms with Crippen LogP contribution in [0.2, 0.25) is 0 Å². The van der Waals surface area contributed by atoms with Gasteiger partial charge in [0.1, 0.15) is 17.3 Å². The summed E-state index contributed by atoms with van der Waals surface area (Å²) in [5.41, 5.74) is 6.51. The third-order valence-corrected chi connectivity index (χ3v) is 7.93. The number of hydrogen-bond donors (Lipinski definition) is 5. The Labute approximate surface area is 256 Å². The van der Waals surface area contributed by atoms with Gasteiger partial charge >= 0.3 is 12.0 Å². The Balaban J connectivity index is 1.37. The lowest BCUT2D eigenvalue weighted by Crippen LogP contribution is -2.44. The first kappa shape index (κ1) is 31.0. The number of piperidine rings is 1. The normalized spacial score (nSPS) is 15.3. The van der Waals surface area contributed by atoms with Crippen LogP contribution in [0.25, 0.3) is 33.7 Å². The van der Waals surface area contributed by atoms with Crippen LogP contribution in [0.15, 0.2) is 59.0 Å². The van der Waals surface area contributed by atoms with E-state index in [0.717, 1.165) is 47.2 Å². The molecule has 5 N–H and O–H groups in total. The molecule has 11 nitrogen and oxygen atoms in total. The van der Waals surface area contributed by atoms with Crippen molar-refractivity contribution in [1.82, 2.24) is 20.5 Å². The van der Waals surface area contributed by atoms with Crippen LogP contribution >= 0.6 is 0 Å². The van der Waals surface area contributed by atoms with Gasteiger partial charge in [0.2, 0.25) is 5.89 Å². The molecule has 0 saturated carbocycles. The number of anilines is 1. The minimum atomic E-state index is -0.795. The molecule has 1 saturated heterocycles. The zero-order chi connectivity index (χ0) is 31.1. The maximum atomic E-state index is 12.4. The number of aliphatic hydroxyl groups excluding tert-OH is 1. The number of fused-ring (bicyclic) bond motifs is 1. The van der Waals surface area contributed by atoms with Crippen LogP contribution < -0.4 is 20.7 Å². The second-order valence-corrected chi connectivity index (χ2v) is 10.9. The van der Waals surface area contributed by atoms with Gasteiger partial charge in [-0.05, 0) is 67.3 Å². The topological polar surface area (TPSA) is 149 Å². The van der Waals surface area contributed by atoms with Crippen molar-refractivity contribution in [3.8, 4) is 28.3 Å². The lowest BCUT2D eigenvalue weighted by molar-refractivity contribution is -0.144. The lowest BCUT2D eigenvalue weighted by atomic mass is 9.96. The molecule has 2 amide bonds. The van der Waals surface area contributed by atoms with Gasteiger partial charge in [0.25, 0.3) is 0 Å². The van der Waals surface area contributed by atoms with Gasteiger partial charge in [-0.15, -0.1) is 0 Å². The van der Waals surface area contributed by atoms with E-state index in [4.69, 9.17) is 19.2 Å². The monoisotopic (exact) mass is 601 g/mol. The molecule has 3 aromatic carbocycles. The molecule has 0 bridgehead atoms. The summed E-state index contributed by atoms with van der Waals surface area (Å²) in [6.45, 7) is 4.72. The molecule has 1 aliphatic rings. The smallest absolute Gasteiger partial charge is 0.320 e. The number of carbonyl (C=O) groups is 2. The van der Waals surface area contributed by atoms with E-state index < -0.39 is 12.0 Å². The van der Waals surface area contributed by atoms with Crippen LogP contribution in [0, 0.1) is 6.92 Å². The molecule has 1 atom stereocenters. The molecular weight excluding hydrogens is 562 g/mol. The van der Waals surface area contributed by atoms with Crippen molar-refractivity contribution in [3.63, 3.8) is 0 Å². The first-order valence-electron chi connectivity index (χ1n) is 14.9. The van der Waals surface area contributed by atoms with Gasteiger partial charge in [-0.2, -0.15) is 0 Å². The molecule has 1 fully saturated rings. The highest BCUT2D eigenvalue weighted by Gasteiger charge is 2.29. The van der Waals surface area contributed by atoms with Crippen LogP contribution in [0.5, 0.6) is 5.75 Å². The molecule has 11 heteroatoms. The SMILES string of the molecule is COc1cc2oc(-c3cccc(-c4cccc(NC(=O)NCCNCCO)c4)c3C)nc2cc1CN1CCCCC1C(=O)O. The number of ether oxygens (including phenoxy) is 1. The maximum absolute atomic E-state index is 12.4. The number of oxazole rings is 1. The van der Waals surface area contributed by atoms with Crippen molar-refractivity contribution < 1.29 is 29.0 Å². The number of aromatic nitrogens is 1. The number of amides is 2. The number of carbonyl (C=O) groups excluding carboxylic acids is 1. The standard InChI is InChI=1S/C33H39N5O6/c1-21-25(22-7-5-8-24(17-22)36-33(42)35-13-12-34-14-16-39)9-6-10-26(21)31-37-27-18-23(29(43-2)19-30(27)44-31)20-38-15-4-3-11-28(38)32(40)41/h5-10,17-19,28,34,39H,3-4,11-16,20H2,1-2H3,(H,40,41)(H2,35,36,42). The van der Waals surface area contributed by atoms with Crippen molar-refractivity contribution in [1.29, 1.82) is 0 Å². The number of benzene rings is 3. The molecule has 0 radical (unpaired) electrons. The number of rotatable bonds is 12. The van der Waals surface area contributed by atoms with Crippen molar-refractivity contribution in [2.24, 2.45) is 0 Å². The highest BCUT2D eigenvalue weighted by Crippen LogP contribution is 2.36. The molecule has 0 aliphatic carbocycles. The van der Waals surface area contributed by atoms with E-state index in [0.29, 0.717) is 61.0 Å². The van der Waals surface area contributed by atoms with Gasteiger partial charge in [0.15, 0.2) is 5.58 Å². The second-order valence-electron chi connectivity index (χ2n) is 10.9. The predicted molar refractivity (Wildman–Crippen MR) is 169 cm³/mol. The van der Waals surface area contributed by atoms with Gasteiger partial charge in [-0.3, -0.25) is 9.69 Å². The number of aliphatic hydroxyl groups is 1. The fourth-order valence-corrected chi connectivity index (χ4v) is 5.69. The van der Waals surface area contributed by atoms with Gasteiger partial charge in [-0.1, -0.05) is 30.7 Å². The Hall–Kier alpha value is -4.45. The van der Waals surface area contributed by atoms with Gasteiger partial charge in [0, 0.05) is 49.1 Å². The first-order valence-corrected chi connectivity index (χ1v) is 14.9. The molecule has 0 spiro atoms. The van der Waals surface area contributed by atoms with Crippen LogP contribution in [0.3, 0.4) is 0 Å². The molecular formula is C33H39N5O6. The van der Waals surface area contributed by atoms with Crippen molar-refractivity contribution in [2.75, 3.05) is 45.2 Å². The van der Waals surface area contributed by atoms with Crippen molar-refractivity contribution in [2.45, 2.75) is 38.8 Å². The zero-order valence-corrected chi connectivity index (χ0v) is 25.1. The summed E-state index contributed by atoms with van der Waals surface area (Å²) in [6.07, 6.45) is 2.52. The number of carboxylic acids is 1. The lowest BCUT2D eigenvalue weighted by Gasteiger charge is -2.33. The number of likely N-dealkylation sites (tertiary alicyclic amines) is 1. The molecule has 44 heavy (non-hydrogen) atoms. The second kappa shape index (κ2) is 14.3. The average Bonchev–Trinajstić information content (AvgIpc) is 3.43. The van der Waals surface area contributed by atoms with E-state index in [2.05, 4.69) is 16.0 Å². The molecule has 5 rings (SSSR count). The summed E-state index contributed by atoms with van der Waals surface area (Å²) in [4.78, 5) is 31.0. The minimum absolute atomic E-state index is 0.0527. The predicted octanol–water partition coefficient (Wildman–Crippen LogP) is 4.62. The number of hydrogen-bond acceptors (Lipinski definition) is 8. The van der Waals surface area contributed by atoms with Gasteiger partial charge in [0.05, 0.1) is 13.7 Å². The highest BCUT2D eigenvalue weighted by atomic mass is 16.5. The van der Waals surface area contributed by atoms with E-state index in [1.807, 2.05) is 66.4 Å². The van der Waals surface area contributed by atoms with Gasteiger partial charge in [-0.25, -0.2) is 9.78 Å². The Bertz CT molecular complexity index is 1620. The fourth-order valence-electron chi connectivity index (χ4n) is 5.69. The Morgan fingerprint density at radius 2 is 1.89 bits per heavy atom. The molecule has 2 heterocycles. The largest absolute Gasteiger partial charge is 0.496 e. The Morgan fingerprint density at radius 3 is 2.68 bits per heavy atom. The van der Waals surface area contributed by atoms with Crippen LogP contribution in [-0.4, -0.2) is 78.0 Å². The average molecular weight is 602 g/mol. The summed E-state index contributed by atoms with van der Waals surface area (Å²) in [7, 11) is 1.60. The van der Waals surface area contributed by atoms with E-state index in [1.54, 1.807) is 7.11 Å². The van der Waals surface area contributed by atoms with Crippen molar-refractivity contribution >= 4 is 28.8 Å². The number of methoxy groups -OCH3 is 1. The molecule has 1 unspecified atom stereocenters. The van der Waals surface area contributed by atoms with E-state index in [-0.39, 0.29) is 12.6 Å². The van der Waals surface area contributed by atoms with Crippen LogP contribution in [0.1, 0.15) is 30.4 Å². The highest BCUT2D eigenvalue weighted by molar-refractivity contribution is 5.90. The fraction of sp³-hybridized carbons (Fsp3) is 0.364. The first-order chi connectivity index (χ1) is 21.4. The number of carboxylic acid groups (broad SMARTS) is 1. The van der Waals surface area contributed by atoms with Crippen molar-refractivity contribution in [3.05, 3.63) is 65.7 Å². The molecule has 232 valence electrons. The van der Waals surface area contributed by atoms with Crippen LogP contribution in [-0.2, 0) is 11.3 Å². The summed E-state index contributed by atoms with van der Waals surface area (Å²) in [5.74, 6) is 0.315. The van der Waals surface area contributed by atoms with E-state index in [9.17, 15) is 14.7 Å². The molecule has 4 aromatic rings. The third-order valence-electron chi connectivity index (χ3n) is 7.93.